The molecule has 24 heavy (non-hydrogen) atoms. The molecule has 0 aromatic heterocycles. The van der Waals surface area contributed by atoms with Gasteiger partial charge < -0.3 is 14.8 Å². The van der Waals surface area contributed by atoms with Crippen LogP contribution in [0, 0.1) is 11.6 Å². The lowest BCUT2D eigenvalue weighted by Crippen LogP contribution is -2.25. The van der Waals surface area contributed by atoms with Crippen molar-refractivity contribution >= 4 is 17.5 Å². The van der Waals surface area contributed by atoms with E-state index in [0.717, 1.165) is 18.6 Å². The Labute approximate surface area is 142 Å². The van der Waals surface area contributed by atoms with Crippen LogP contribution in [0.1, 0.15) is 22.3 Å². The number of fused-ring (bicyclic) bond motifs is 1. The molecule has 126 valence electrons. The number of benzene rings is 2. The van der Waals surface area contributed by atoms with Crippen LogP contribution in [0.2, 0.25) is 5.02 Å². The average molecular weight is 354 g/mol. The molecular formula is C17H14ClF2NO3. The molecule has 0 saturated heterocycles. The predicted octanol–water partition coefficient (Wildman–Crippen LogP) is 3.71. The molecule has 0 bridgehead atoms. The van der Waals surface area contributed by atoms with Gasteiger partial charge in [-0.2, -0.15) is 0 Å². The van der Waals surface area contributed by atoms with E-state index in [-0.39, 0.29) is 6.54 Å². The number of hydrogen-bond donors (Lipinski definition) is 1. The lowest BCUT2D eigenvalue weighted by atomic mass is 10.1. The van der Waals surface area contributed by atoms with Crippen molar-refractivity contribution in [3.63, 3.8) is 0 Å². The number of ether oxygens (including phenoxy) is 2. The summed E-state index contributed by atoms with van der Waals surface area (Å²) in [4.78, 5) is 12.0. The number of halogens is 3. The SMILES string of the molecule is O=C(NCc1cc(Cl)c2c(c1)OCCCO2)c1c(F)cccc1F. The summed E-state index contributed by atoms with van der Waals surface area (Å²) in [6, 6.07) is 6.56. The van der Waals surface area contributed by atoms with E-state index in [4.69, 9.17) is 21.1 Å². The van der Waals surface area contributed by atoms with Crippen molar-refractivity contribution in [3.8, 4) is 11.5 Å². The van der Waals surface area contributed by atoms with Crippen LogP contribution in [0.3, 0.4) is 0 Å². The van der Waals surface area contributed by atoms with Crippen LogP contribution in [-0.4, -0.2) is 19.1 Å². The minimum Gasteiger partial charge on any atom is -0.489 e. The first-order valence-electron chi connectivity index (χ1n) is 7.36. The van der Waals surface area contributed by atoms with Crippen molar-refractivity contribution < 1.29 is 23.0 Å². The van der Waals surface area contributed by atoms with Gasteiger partial charge in [0.2, 0.25) is 0 Å². The zero-order valence-corrected chi connectivity index (χ0v) is 13.3. The fraction of sp³-hybridized carbons (Fsp3) is 0.235. The minimum absolute atomic E-state index is 0.0446. The fourth-order valence-corrected chi connectivity index (χ4v) is 2.66. The minimum atomic E-state index is -0.913. The molecule has 7 heteroatoms. The number of hydrogen-bond acceptors (Lipinski definition) is 3. The number of amides is 1. The van der Waals surface area contributed by atoms with Crippen molar-refractivity contribution in [2.75, 3.05) is 13.2 Å². The van der Waals surface area contributed by atoms with E-state index in [9.17, 15) is 13.6 Å². The third kappa shape index (κ3) is 3.43. The fourth-order valence-electron chi connectivity index (χ4n) is 2.37. The van der Waals surface area contributed by atoms with Crippen LogP contribution < -0.4 is 14.8 Å². The van der Waals surface area contributed by atoms with Crippen LogP contribution in [0.5, 0.6) is 11.5 Å². The van der Waals surface area contributed by atoms with E-state index >= 15 is 0 Å². The molecule has 1 amide bonds. The highest BCUT2D eigenvalue weighted by Gasteiger charge is 2.18. The Bertz CT molecular complexity index is 762. The maximum Gasteiger partial charge on any atom is 0.257 e. The smallest absolute Gasteiger partial charge is 0.257 e. The van der Waals surface area contributed by atoms with E-state index in [1.807, 2.05) is 0 Å². The van der Waals surface area contributed by atoms with Crippen LogP contribution in [0.4, 0.5) is 8.78 Å². The number of rotatable bonds is 3. The Morgan fingerprint density at radius 1 is 1.17 bits per heavy atom. The Morgan fingerprint density at radius 2 is 1.88 bits per heavy atom. The Morgan fingerprint density at radius 3 is 2.62 bits per heavy atom. The number of carbonyl (C=O) groups excluding carboxylic acids is 1. The summed E-state index contributed by atoms with van der Waals surface area (Å²) in [5.41, 5.74) is 0.0206. The van der Waals surface area contributed by atoms with Crippen LogP contribution in [-0.2, 0) is 6.54 Å². The molecule has 0 spiro atoms. The summed E-state index contributed by atoms with van der Waals surface area (Å²) in [6.45, 7) is 1.05. The molecule has 1 aliphatic heterocycles. The molecule has 4 nitrogen and oxygen atoms in total. The summed E-state index contributed by atoms with van der Waals surface area (Å²) < 4.78 is 38.3. The van der Waals surface area contributed by atoms with E-state index in [1.54, 1.807) is 12.1 Å². The average Bonchev–Trinajstić information content (AvgIpc) is 2.78. The maximum atomic E-state index is 13.6. The molecule has 0 saturated carbocycles. The second-order valence-electron chi connectivity index (χ2n) is 5.23. The molecule has 1 N–H and O–H groups in total. The van der Waals surface area contributed by atoms with Gasteiger partial charge in [-0.25, -0.2) is 8.78 Å². The van der Waals surface area contributed by atoms with Crippen molar-refractivity contribution in [1.82, 2.24) is 5.32 Å². The van der Waals surface area contributed by atoms with Crippen LogP contribution in [0.25, 0.3) is 0 Å². The maximum absolute atomic E-state index is 13.6. The van der Waals surface area contributed by atoms with Crippen molar-refractivity contribution in [2.24, 2.45) is 0 Å². The van der Waals surface area contributed by atoms with Crippen molar-refractivity contribution in [1.29, 1.82) is 0 Å². The highest BCUT2D eigenvalue weighted by Crippen LogP contribution is 2.37. The lowest BCUT2D eigenvalue weighted by Gasteiger charge is -2.12. The molecule has 0 radical (unpaired) electrons. The van der Waals surface area contributed by atoms with E-state index in [2.05, 4.69) is 5.32 Å². The highest BCUT2D eigenvalue weighted by molar-refractivity contribution is 6.32. The molecule has 0 unspecified atom stereocenters. The van der Waals surface area contributed by atoms with E-state index in [1.165, 1.54) is 6.07 Å². The molecule has 1 aliphatic rings. The number of nitrogens with one attached hydrogen (secondary N) is 1. The molecule has 0 fully saturated rings. The summed E-state index contributed by atoms with van der Waals surface area (Å²) in [6.07, 6.45) is 0.740. The third-order valence-electron chi connectivity index (χ3n) is 3.50. The lowest BCUT2D eigenvalue weighted by molar-refractivity contribution is 0.0942. The van der Waals surface area contributed by atoms with Gasteiger partial charge in [0.25, 0.3) is 5.91 Å². The summed E-state index contributed by atoms with van der Waals surface area (Å²) in [7, 11) is 0. The molecule has 2 aromatic rings. The zero-order chi connectivity index (χ0) is 17.1. The normalized spacial score (nSPS) is 13.3. The van der Waals surface area contributed by atoms with E-state index in [0.29, 0.717) is 35.3 Å². The first-order chi connectivity index (χ1) is 11.6. The second-order valence-corrected chi connectivity index (χ2v) is 5.64. The van der Waals surface area contributed by atoms with Gasteiger partial charge in [-0.1, -0.05) is 17.7 Å². The monoisotopic (exact) mass is 353 g/mol. The van der Waals surface area contributed by atoms with Crippen molar-refractivity contribution in [2.45, 2.75) is 13.0 Å². The molecule has 1 heterocycles. The first kappa shape index (κ1) is 16.5. The van der Waals surface area contributed by atoms with Gasteiger partial charge in [0.1, 0.15) is 17.2 Å². The van der Waals surface area contributed by atoms with Crippen molar-refractivity contribution in [3.05, 3.63) is 58.1 Å². The first-order valence-corrected chi connectivity index (χ1v) is 7.74. The van der Waals surface area contributed by atoms with Gasteiger partial charge in [-0.05, 0) is 29.8 Å². The Kier molecular flexibility index (Phi) is 4.85. The van der Waals surface area contributed by atoms with Gasteiger partial charge in [0.05, 0.1) is 18.2 Å². The van der Waals surface area contributed by atoms with Gasteiger partial charge in [0, 0.05) is 13.0 Å². The molecule has 2 aromatic carbocycles. The molecule has 0 aliphatic carbocycles. The number of carbonyl (C=O) groups is 1. The van der Waals surface area contributed by atoms with Gasteiger partial charge >= 0.3 is 0 Å². The van der Waals surface area contributed by atoms with Gasteiger partial charge in [-0.3, -0.25) is 4.79 Å². The molecule has 0 atom stereocenters. The quantitative estimate of drug-likeness (QED) is 0.915. The third-order valence-corrected chi connectivity index (χ3v) is 3.79. The Balaban J connectivity index is 1.76. The molecule has 3 rings (SSSR count). The molecular weight excluding hydrogens is 340 g/mol. The van der Waals surface area contributed by atoms with E-state index < -0.39 is 23.1 Å². The standard InChI is InChI=1S/C17H14ClF2NO3/c18-11-7-10(8-14-16(11)24-6-2-5-23-14)9-21-17(22)15-12(19)3-1-4-13(15)20/h1,3-4,7-8H,2,5-6,9H2,(H,21,22). The summed E-state index contributed by atoms with van der Waals surface area (Å²) >= 11 is 6.16. The Hall–Kier alpha value is -2.34. The zero-order valence-electron chi connectivity index (χ0n) is 12.6. The topological polar surface area (TPSA) is 47.6 Å². The van der Waals surface area contributed by atoms with Crippen LogP contribution in [0.15, 0.2) is 30.3 Å². The van der Waals surface area contributed by atoms with Gasteiger partial charge in [-0.15, -0.1) is 0 Å². The predicted molar refractivity (Wildman–Crippen MR) is 84.6 cm³/mol. The van der Waals surface area contributed by atoms with Crippen LogP contribution >= 0.6 is 11.6 Å². The van der Waals surface area contributed by atoms with Gasteiger partial charge in [0.15, 0.2) is 11.5 Å². The second kappa shape index (κ2) is 7.05. The summed E-state index contributed by atoms with van der Waals surface area (Å²) in [5, 5.41) is 2.83. The highest BCUT2D eigenvalue weighted by atomic mass is 35.5. The largest absolute Gasteiger partial charge is 0.489 e. The summed E-state index contributed by atoms with van der Waals surface area (Å²) in [5.74, 6) is -1.71.